The predicted octanol–water partition coefficient (Wildman–Crippen LogP) is 5.46. The van der Waals surface area contributed by atoms with E-state index in [0.717, 1.165) is 62.0 Å². The fourth-order valence-corrected chi connectivity index (χ4v) is 4.77. The van der Waals surface area contributed by atoms with Crippen molar-refractivity contribution in [3.05, 3.63) is 83.8 Å². The van der Waals surface area contributed by atoms with Crippen molar-refractivity contribution in [2.45, 2.75) is 39.7 Å². The minimum atomic E-state index is -0.288. The van der Waals surface area contributed by atoms with Crippen molar-refractivity contribution in [1.82, 2.24) is 19.4 Å². The van der Waals surface area contributed by atoms with Crippen LogP contribution in [0, 0.1) is 13.8 Å². The first-order valence-electron chi connectivity index (χ1n) is 12.2. The average Bonchev–Trinajstić information content (AvgIpc) is 3.49. The molecule has 0 saturated heterocycles. The molecule has 2 aromatic carbocycles. The number of oxazole rings is 1. The maximum atomic E-state index is 12.4. The molecular formula is C28H31N5O2. The van der Waals surface area contributed by atoms with Gasteiger partial charge in [0, 0.05) is 32.2 Å². The van der Waals surface area contributed by atoms with Gasteiger partial charge in [0.1, 0.15) is 6.26 Å². The van der Waals surface area contributed by atoms with E-state index in [1.165, 1.54) is 17.4 Å². The normalized spacial score (nSPS) is 14.3. The number of aromatic nitrogens is 3. The quantitative estimate of drug-likeness (QED) is 0.347. The van der Waals surface area contributed by atoms with E-state index in [1.54, 1.807) is 6.92 Å². The number of amides is 1. The summed E-state index contributed by atoms with van der Waals surface area (Å²) in [6.45, 7) is 7.96. The molecule has 7 heteroatoms. The highest BCUT2D eigenvalue weighted by Gasteiger charge is 2.15. The summed E-state index contributed by atoms with van der Waals surface area (Å²) in [7, 11) is 0. The highest BCUT2D eigenvalue weighted by atomic mass is 16.3. The molecular weight excluding hydrogens is 438 g/mol. The van der Waals surface area contributed by atoms with Gasteiger partial charge >= 0.3 is 0 Å². The summed E-state index contributed by atoms with van der Waals surface area (Å²) < 4.78 is 7.36. The molecule has 5 rings (SSSR count). The number of unbranched alkanes of at least 4 members (excludes halogenated alkanes) is 1. The number of carbonyl (C=O) groups is 1. The Morgan fingerprint density at radius 3 is 2.69 bits per heavy atom. The number of fused-ring (bicyclic) bond motifs is 1. The van der Waals surface area contributed by atoms with Crippen LogP contribution in [0.25, 0.3) is 16.6 Å². The molecule has 7 nitrogen and oxygen atoms in total. The highest BCUT2D eigenvalue weighted by molar-refractivity contribution is 6.03. The number of hydrogen-bond acceptors (Lipinski definition) is 5. The van der Waals surface area contributed by atoms with Gasteiger partial charge in [-0.15, -0.1) is 0 Å². The third-order valence-electron chi connectivity index (χ3n) is 6.57. The Bertz CT molecular complexity index is 1350. The molecule has 35 heavy (non-hydrogen) atoms. The lowest BCUT2D eigenvalue weighted by atomic mass is 9.99. The van der Waals surface area contributed by atoms with Crippen LogP contribution < -0.4 is 5.32 Å². The van der Waals surface area contributed by atoms with Crippen molar-refractivity contribution in [2.75, 3.05) is 25.0 Å². The van der Waals surface area contributed by atoms with Gasteiger partial charge in [0.2, 0.25) is 0 Å². The molecule has 0 bridgehead atoms. The number of rotatable bonds is 8. The third-order valence-corrected chi connectivity index (χ3v) is 6.57. The lowest BCUT2D eigenvalue weighted by Crippen LogP contribution is -2.29. The van der Waals surface area contributed by atoms with E-state index in [-0.39, 0.29) is 11.6 Å². The van der Waals surface area contributed by atoms with Crippen LogP contribution in [0.15, 0.2) is 65.5 Å². The van der Waals surface area contributed by atoms with E-state index >= 15 is 0 Å². The van der Waals surface area contributed by atoms with Crippen LogP contribution >= 0.6 is 0 Å². The highest BCUT2D eigenvalue weighted by Crippen LogP contribution is 2.25. The van der Waals surface area contributed by atoms with Gasteiger partial charge in [-0.3, -0.25) is 9.69 Å². The molecule has 0 radical (unpaired) electrons. The van der Waals surface area contributed by atoms with Gasteiger partial charge in [0.25, 0.3) is 5.91 Å². The van der Waals surface area contributed by atoms with Gasteiger partial charge in [-0.1, -0.05) is 36.4 Å². The minimum Gasteiger partial charge on any atom is -0.448 e. The van der Waals surface area contributed by atoms with Crippen molar-refractivity contribution in [3.63, 3.8) is 0 Å². The van der Waals surface area contributed by atoms with Crippen molar-refractivity contribution >= 4 is 28.2 Å². The van der Waals surface area contributed by atoms with Gasteiger partial charge in [0.05, 0.1) is 17.4 Å². The summed E-state index contributed by atoms with van der Waals surface area (Å²) in [5, 5.41) is 2.90. The first-order chi connectivity index (χ1) is 17.1. The minimum absolute atomic E-state index is 0.270. The van der Waals surface area contributed by atoms with E-state index in [2.05, 4.69) is 68.1 Å². The molecule has 1 N–H and O–H groups in total. The van der Waals surface area contributed by atoms with E-state index in [1.807, 2.05) is 18.5 Å². The number of imidazole rings is 1. The van der Waals surface area contributed by atoms with Crippen LogP contribution in [-0.4, -0.2) is 45.0 Å². The van der Waals surface area contributed by atoms with Gasteiger partial charge in [-0.25, -0.2) is 9.97 Å². The van der Waals surface area contributed by atoms with E-state index < -0.39 is 0 Å². The molecule has 4 aromatic rings. The van der Waals surface area contributed by atoms with Crippen LogP contribution in [0.5, 0.6) is 0 Å². The number of anilines is 1. The van der Waals surface area contributed by atoms with Crippen molar-refractivity contribution < 1.29 is 9.21 Å². The summed E-state index contributed by atoms with van der Waals surface area (Å²) in [6.07, 6.45) is 9.02. The Morgan fingerprint density at radius 1 is 1.11 bits per heavy atom. The van der Waals surface area contributed by atoms with Crippen LogP contribution in [0.3, 0.4) is 0 Å². The summed E-state index contributed by atoms with van der Waals surface area (Å²) in [5.41, 5.74) is 6.88. The largest absolute Gasteiger partial charge is 0.448 e. The molecule has 1 amide bonds. The summed E-state index contributed by atoms with van der Waals surface area (Å²) in [5.74, 6) is 0.178. The number of benzene rings is 2. The van der Waals surface area contributed by atoms with Crippen molar-refractivity contribution in [1.29, 1.82) is 0 Å². The zero-order chi connectivity index (χ0) is 24.2. The molecule has 0 spiro atoms. The Hall–Kier alpha value is -3.71. The molecule has 180 valence electrons. The molecule has 0 fully saturated rings. The Morgan fingerprint density at radius 2 is 1.94 bits per heavy atom. The molecule has 2 aromatic heterocycles. The van der Waals surface area contributed by atoms with Crippen molar-refractivity contribution in [3.8, 4) is 0 Å². The second-order valence-corrected chi connectivity index (χ2v) is 9.16. The average molecular weight is 470 g/mol. The van der Waals surface area contributed by atoms with E-state index in [4.69, 9.17) is 4.42 Å². The van der Waals surface area contributed by atoms with Crippen LogP contribution in [0.1, 0.15) is 46.8 Å². The molecule has 1 aliphatic rings. The van der Waals surface area contributed by atoms with Gasteiger partial charge in [-0.2, -0.15) is 0 Å². The first kappa shape index (κ1) is 23.1. The fraction of sp³-hybridized carbons (Fsp3) is 0.321. The number of aryl methyl sites for hydroxylation is 3. The Labute approximate surface area is 205 Å². The second-order valence-electron chi connectivity index (χ2n) is 9.16. The lowest BCUT2D eigenvalue weighted by molar-refractivity contribution is 0.102. The van der Waals surface area contributed by atoms with Gasteiger partial charge in [-0.05, 0) is 61.6 Å². The topological polar surface area (TPSA) is 76.2 Å². The first-order valence-corrected chi connectivity index (χ1v) is 12.2. The van der Waals surface area contributed by atoms with Gasteiger partial charge < -0.3 is 14.3 Å². The smallest absolute Gasteiger partial charge is 0.277 e. The monoisotopic (exact) mass is 469 g/mol. The summed E-state index contributed by atoms with van der Waals surface area (Å²) in [6, 6.07) is 14.6. The molecule has 0 atom stereocenters. The molecule has 0 unspecified atom stereocenters. The number of carbonyl (C=O) groups excluding carboxylic acids is 1. The predicted molar refractivity (Wildman–Crippen MR) is 138 cm³/mol. The molecule has 0 aliphatic carbocycles. The molecule has 3 heterocycles. The Kier molecular flexibility index (Phi) is 6.77. The van der Waals surface area contributed by atoms with E-state index in [9.17, 15) is 4.79 Å². The maximum Gasteiger partial charge on any atom is 0.277 e. The maximum absolute atomic E-state index is 12.4. The standard InChI is InChI=1S/C28H31N5O2/c1-20-16-24(31-28(34)26-18-35-21(2)30-26)17-25-27(20)33(19-29-25)13-7-6-12-32-14-10-23(11-15-32)22-8-4-3-5-9-22/h3-5,8-10,16-19H,6-7,11-15H2,1-2H3,(H,31,34). The number of nitrogens with one attached hydrogen (secondary N) is 1. The third kappa shape index (κ3) is 5.35. The number of nitrogens with zero attached hydrogens (tertiary/aromatic N) is 4. The van der Waals surface area contributed by atoms with Crippen LogP contribution in [0.2, 0.25) is 0 Å². The van der Waals surface area contributed by atoms with Crippen molar-refractivity contribution in [2.24, 2.45) is 0 Å². The van der Waals surface area contributed by atoms with E-state index in [0.29, 0.717) is 11.6 Å². The molecule has 0 saturated carbocycles. The van der Waals surface area contributed by atoms with Crippen LogP contribution in [-0.2, 0) is 6.54 Å². The van der Waals surface area contributed by atoms with Crippen LogP contribution in [0.4, 0.5) is 5.69 Å². The number of hydrogen-bond donors (Lipinski definition) is 1. The fourth-order valence-electron chi connectivity index (χ4n) is 4.77. The lowest BCUT2D eigenvalue weighted by Gasteiger charge is -2.26. The second kappa shape index (κ2) is 10.3. The summed E-state index contributed by atoms with van der Waals surface area (Å²) >= 11 is 0. The van der Waals surface area contributed by atoms with Gasteiger partial charge in [0.15, 0.2) is 11.6 Å². The Balaban J connectivity index is 1.14. The SMILES string of the molecule is Cc1nc(C(=O)Nc2cc(C)c3c(c2)ncn3CCCCN2CC=C(c3ccccc3)CC2)co1. The summed E-state index contributed by atoms with van der Waals surface area (Å²) in [4.78, 5) is 23.6. The molecule has 1 aliphatic heterocycles. The zero-order valence-electron chi connectivity index (χ0n) is 20.3. The zero-order valence-corrected chi connectivity index (χ0v) is 20.3.